The number of aliphatic hydroxyl groups is 1. The van der Waals surface area contributed by atoms with Gasteiger partial charge in [0, 0.05) is 25.7 Å². The lowest BCUT2D eigenvalue weighted by Crippen LogP contribution is -2.30. The first kappa shape index (κ1) is 84.1. The number of hydrogen-bond acceptors (Lipinski definition) is 15. The van der Waals surface area contributed by atoms with Crippen LogP contribution >= 0.6 is 15.6 Å². The van der Waals surface area contributed by atoms with Crippen LogP contribution in [0.25, 0.3) is 0 Å². The molecule has 0 rings (SSSR count). The summed E-state index contributed by atoms with van der Waals surface area (Å²) < 4.78 is 67.9. The average Bonchev–Trinajstić information content (AvgIpc) is 3.63. The molecule has 0 spiro atoms. The van der Waals surface area contributed by atoms with Crippen molar-refractivity contribution in [3.05, 3.63) is 0 Å². The molecule has 19 heteroatoms. The van der Waals surface area contributed by atoms with Crippen LogP contribution in [0.2, 0.25) is 0 Å². The Balaban J connectivity index is 5.14. The van der Waals surface area contributed by atoms with Crippen LogP contribution < -0.4 is 0 Å². The van der Waals surface area contributed by atoms with E-state index >= 15 is 0 Å². The van der Waals surface area contributed by atoms with E-state index in [0.717, 1.165) is 102 Å². The van der Waals surface area contributed by atoms with E-state index in [1.807, 2.05) is 0 Å². The summed E-state index contributed by atoms with van der Waals surface area (Å²) in [6.07, 6.45) is 46.2. The standard InChI is InChI=1S/C67H130O17P2/c1-6-9-12-15-17-19-20-21-26-29-33-36-41-46-51-65(70)78-57-63(84-67(72)53-48-43-38-34-30-27-24-22-23-25-28-32-35-40-44-49-60(4)5)59-82-86(75,76)80-55-61(68)54-79-85(73,74)81-58-62(56-77-64(69)50-45-39-14-11-8-3)83-66(71)52-47-42-37-31-18-16-13-10-7-2/h60-63,68H,6-59H2,1-5H3,(H,73,74)(H,75,76)/t61-,62+,63+/m0/s1. The van der Waals surface area contributed by atoms with Gasteiger partial charge in [0.1, 0.15) is 19.3 Å². The smallest absolute Gasteiger partial charge is 0.462 e. The second kappa shape index (κ2) is 60.6. The maximum absolute atomic E-state index is 13.0. The Hall–Kier alpha value is -1.94. The van der Waals surface area contributed by atoms with Crippen molar-refractivity contribution in [1.29, 1.82) is 0 Å². The largest absolute Gasteiger partial charge is 0.472 e. The van der Waals surface area contributed by atoms with Gasteiger partial charge in [-0.15, -0.1) is 0 Å². The van der Waals surface area contributed by atoms with Crippen LogP contribution in [0.4, 0.5) is 0 Å². The molecule has 0 aromatic carbocycles. The summed E-state index contributed by atoms with van der Waals surface area (Å²) >= 11 is 0. The first-order chi connectivity index (χ1) is 41.5. The van der Waals surface area contributed by atoms with Crippen LogP contribution in [-0.4, -0.2) is 96.7 Å². The highest BCUT2D eigenvalue weighted by Crippen LogP contribution is 2.45. The summed E-state index contributed by atoms with van der Waals surface area (Å²) in [6.45, 7) is 7.15. The summed E-state index contributed by atoms with van der Waals surface area (Å²) in [7, 11) is -9.88. The highest BCUT2D eigenvalue weighted by Gasteiger charge is 2.30. The van der Waals surface area contributed by atoms with Gasteiger partial charge in [0.25, 0.3) is 0 Å². The van der Waals surface area contributed by atoms with Crippen LogP contribution in [0.1, 0.15) is 343 Å². The van der Waals surface area contributed by atoms with Crippen LogP contribution in [0.5, 0.6) is 0 Å². The molecule has 0 saturated heterocycles. The molecule has 510 valence electrons. The molecule has 0 aromatic rings. The zero-order chi connectivity index (χ0) is 63.5. The fourth-order valence-corrected chi connectivity index (χ4v) is 11.7. The SMILES string of the molecule is CCCCCCCCCCCCCCCCC(=O)OC[C@H](COP(=O)(O)OC[C@@H](O)COP(=O)(O)OC[C@@H](COC(=O)CCCCCCC)OC(=O)CCCCCCCCCCC)OC(=O)CCCCCCCCCCCCCCCCCC(C)C. The molecule has 0 radical (unpaired) electrons. The van der Waals surface area contributed by atoms with Gasteiger partial charge in [0.05, 0.1) is 26.4 Å². The number of aliphatic hydroxyl groups excluding tert-OH is 1. The third-order valence-corrected chi connectivity index (χ3v) is 17.4. The molecule has 86 heavy (non-hydrogen) atoms. The summed E-state index contributed by atoms with van der Waals surface area (Å²) in [5.41, 5.74) is 0. The molecule has 0 aliphatic carbocycles. The van der Waals surface area contributed by atoms with Crippen LogP contribution in [0.15, 0.2) is 0 Å². The predicted octanol–water partition coefficient (Wildman–Crippen LogP) is 19.0. The highest BCUT2D eigenvalue weighted by molar-refractivity contribution is 7.47. The summed E-state index contributed by atoms with van der Waals surface area (Å²) in [5, 5.41) is 10.5. The lowest BCUT2D eigenvalue weighted by Gasteiger charge is -2.21. The van der Waals surface area contributed by atoms with Crippen molar-refractivity contribution in [2.45, 2.75) is 361 Å². The number of carbonyl (C=O) groups is 4. The Kier molecular flexibility index (Phi) is 59.2. The number of ether oxygens (including phenoxy) is 4. The molecule has 0 bridgehead atoms. The van der Waals surface area contributed by atoms with Gasteiger partial charge in [-0.2, -0.15) is 0 Å². The van der Waals surface area contributed by atoms with E-state index in [1.165, 1.54) is 161 Å². The number of phosphoric ester groups is 2. The fraction of sp³-hybridized carbons (Fsp3) is 0.940. The third kappa shape index (κ3) is 60.9. The molecular weight excluding hydrogens is 1140 g/mol. The Morgan fingerprint density at radius 2 is 0.535 bits per heavy atom. The van der Waals surface area contributed by atoms with Crippen molar-refractivity contribution in [1.82, 2.24) is 0 Å². The van der Waals surface area contributed by atoms with Gasteiger partial charge < -0.3 is 33.8 Å². The number of esters is 4. The first-order valence-electron chi connectivity index (χ1n) is 35.1. The number of rotatable bonds is 67. The molecule has 3 N–H and O–H groups in total. The van der Waals surface area contributed by atoms with E-state index in [2.05, 4.69) is 34.6 Å². The normalized spacial score (nSPS) is 14.2. The van der Waals surface area contributed by atoms with E-state index in [4.69, 9.17) is 37.0 Å². The van der Waals surface area contributed by atoms with Gasteiger partial charge in [-0.3, -0.25) is 37.3 Å². The van der Waals surface area contributed by atoms with Crippen molar-refractivity contribution >= 4 is 39.5 Å². The van der Waals surface area contributed by atoms with E-state index in [9.17, 15) is 43.2 Å². The second-order valence-corrected chi connectivity index (χ2v) is 27.6. The van der Waals surface area contributed by atoms with Gasteiger partial charge in [-0.05, 0) is 31.6 Å². The zero-order valence-electron chi connectivity index (χ0n) is 55.4. The Labute approximate surface area is 524 Å². The van der Waals surface area contributed by atoms with Gasteiger partial charge in [-0.1, -0.05) is 291 Å². The van der Waals surface area contributed by atoms with Crippen LogP contribution in [0, 0.1) is 5.92 Å². The monoisotopic (exact) mass is 1270 g/mol. The molecule has 0 aliphatic rings. The molecule has 0 saturated carbocycles. The minimum Gasteiger partial charge on any atom is -0.462 e. The minimum absolute atomic E-state index is 0.105. The number of carbonyl (C=O) groups excluding carboxylic acids is 4. The Morgan fingerprint density at radius 3 is 0.791 bits per heavy atom. The topological polar surface area (TPSA) is 237 Å². The number of phosphoric acid groups is 2. The molecule has 0 fully saturated rings. The van der Waals surface area contributed by atoms with Crippen molar-refractivity contribution in [2.24, 2.45) is 5.92 Å². The van der Waals surface area contributed by atoms with E-state index in [1.54, 1.807) is 0 Å². The van der Waals surface area contributed by atoms with E-state index in [-0.39, 0.29) is 25.7 Å². The lowest BCUT2D eigenvalue weighted by molar-refractivity contribution is -0.161. The highest BCUT2D eigenvalue weighted by atomic mass is 31.2. The Morgan fingerprint density at radius 1 is 0.314 bits per heavy atom. The molecule has 5 atom stereocenters. The number of unbranched alkanes of at least 4 members (excludes halogenated alkanes) is 39. The third-order valence-electron chi connectivity index (χ3n) is 15.5. The molecule has 0 aliphatic heterocycles. The van der Waals surface area contributed by atoms with Gasteiger partial charge in [0.2, 0.25) is 0 Å². The molecule has 2 unspecified atom stereocenters. The fourth-order valence-electron chi connectivity index (χ4n) is 10.1. The van der Waals surface area contributed by atoms with E-state index in [0.29, 0.717) is 25.7 Å². The molecule has 0 heterocycles. The first-order valence-corrected chi connectivity index (χ1v) is 38.1. The molecule has 0 amide bonds. The summed E-state index contributed by atoms with van der Waals surface area (Å²) in [6, 6.07) is 0. The Bertz CT molecular complexity index is 1670. The van der Waals surface area contributed by atoms with Gasteiger partial charge >= 0.3 is 39.5 Å². The second-order valence-electron chi connectivity index (χ2n) is 24.7. The lowest BCUT2D eigenvalue weighted by atomic mass is 10.0. The van der Waals surface area contributed by atoms with Gasteiger partial charge in [0.15, 0.2) is 12.2 Å². The van der Waals surface area contributed by atoms with Crippen molar-refractivity contribution < 1.29 is 80.2 Å². The molecular formula is C67H130O17P2. The van der Waals surface area contributed by atoms with E-state index < -0.39 is 97.5 Å². The maximum atomic E-state index is 13.0. The van der Waals surface area contributed by atoms with Crippen LogP contribution in [0.3, 0.4) is 0 Å². The van der Waals surface area contributed by atoms with Gasteiger partial charge in [-0.25, -0.2) is 9.13 Å². The number of hydrogen-bond donors (Lipinski definition) is 3. The zero-order valence-corrected chi connectivity index (χ0v) is 57.2. The average molecular weight is 1270 g/mol. The quantitative estimate of drug-likeness (QED) is 0.0222. The predicted molar refractivity (Wildman–Crippen MR) is 345 cm³/mol. The van der Waals surface area contributed by atoms with Crippen molar-refractivity contribution in [3.63, 3.8) is 0 Å². The minimum atomic E-state index is -4.95. The van der Waals surface area contributed by atoms with Crippen LogP contribution in [-0.2, 0) is 65.4 Å². The summed E-state index contributed by atoms with van der Waals surface area (Å²) in [5.74, 6) is -1.34. The maximum Gasteiger partial charge on any atom is 0.472 e. The summed E-state index contributed by atoms with van der Waals surface area (Å²) in [4.78, 5) is 72.1. The molecule has 17 nitrogen and oxygen atoms in total. The van der Waals surface area contributed by atoms with Crippen molar-refractivity contribution in [2.75, 3.05) is 39.6 Å². The van der Waals surface area contributed by atoms with Crippen molar-refractivity contribution in [3.8, 4) is 0 Å². The molecule has 0 aromatic heterocycles.